The van der Waals surface area contributed by atoms with E-state index in [0.717, 1.165) is 11.4 Å². The van der Waals surface area contributed by atoms with Crippen molar-refractivity contribution in [3.8, 4) is 11.4 Å². The van der Waals surface area contributed by atoms with Crippen molar-refractivity contribution in [1.29, 1.82) is 0 Å². The van der Waals surface area contributed by atoms with E-state index in [9.17, 15) is 9.59 Å². The largest absolute Gasteiger partial charge is 0.484 e. The molecule has 1 aromatic heterocycles. The smallest absolute Gasteiger partial charge is 0.259 e. The third-order valence-corrected chi connectivity index (χ3v) is 4.11. The van der Waals surface area contributed by atoms with Crippen LogP contribution in [0.15, 0.2) is 60.8 Å². The zero-order valence-corrected chi connectivity index (χ0v) is 15.8. The monoisotopic (exact) mass is 378 g/mol. The Bertz CT molecular complexity index is 950. The summed E-state index contributed by atoms with van der Waals surface area (Å²) in [6.45, 7) is 4.22. The molecule has 0 atom stereocenters. The van der Waals surface area contributed by atoms with Crippen LogP contribution >= 0.6 is 0 Å². The molecule has 0 aliphatic carbocycles. The molecule has 2 aromatic carbocycles. The normalized spacial score (nSPS) is 10.4. The van der Waals surface area contributed by atoms with Gasteiger partial charge in [-0.05, 0) is 50.2 Å². The molecule has 0 aliphatic rings. The number of likely N-dealkylation sites (N-methyl/N-ethyl adjacent to an activating group) is 1. The van der Waals surface area contributed by atoms with Crippen molar-refractivity contribution in [2.24, 2.45) is 0 Å². The minimum absolute atomic E-state index is 0.0442. The first-order valence-electron chi connectivity index (χ1n) is 8.99. The van der Waals surface area contributed by atoms with Gasteiger partial charge in [0.2, 0.25) is 0 Å². The van der Waals surface area contributed by atoms with Crippen LogP contribution in [0.5, 0.6) is 5.75 Å². The Morgan fingerprint density at radius 2 is 1.79 bits per heavy atom. The number of nitrogens with one attached hydrogen (secondary N) is 2. The van der Waals surface area contributed by atoms with E-state index in [4.69, 9.17) is 4.74 Å². The van der Waals surface area contributed by atoms with Gasteiger partial charge >= 0.3 is 0 Å². The number of hydrogen-bond donors (Lipinski definition) is 2. The molecule has 0 aliphatic heterocycles. The van der Waals surface area contributed by atoms with Crippen molar-refractivity contribution in [3.05, 3.63) is 72.1 Å². The predicted octanol–water partition coefficient (Wildman–Crippen LogP) is 2.95. The highest BCUT2D eigenvalue weighted by Gasteiger charge is 2.15. The molecule has 0 spiro atoms. The molecule has 0 unspecified atom stereocenters. The van der Waals surface area contributed by atoms with Gasteiger partial charge in [-0.15, -0.1) is 0 Å². The van der Waals surface area contributed by atoms with Gasteiger partial charge in [0.15, 0.2) is 6.61 Å². The number of hydrogen-bond acceptors (Lipinski definition) is 4. The lowest BCUT2D eigenvalue weighted by Crippen LogP contribution is -2.28. The van der Waals surface area contributed by atoms with Gasteiger partial charge in [0.1, 0.15) is 5.75 Å². The lowest BCUT2D eigenvalue weighted by molar-refractivity contribution is -0.122. The summed E-state index contributed by atoms with van der Waals surface area (Å²) in [5, 5.41) is 9.83. The number of para-hydroxylation sites is 1. The number of benzene rings is 2. The van der Waals surface area contributed by atoms with Crippen molar-refractivity contribution in [1.82, 2.24) is 15.1 Å². The van der Waals surface area contributed by atoms with Gasteiger partial charge in [-0.2, -0.15) is 5.10 Å². The molecule has 2 amide bonds. The van der Waals surface area contributed by atoms with Crippen LogP contribution in [0.1, 0.15) is 23.0 Å². The number of amides is 2. The molecule has 28 heavy (non-hydrogen) atoms. The first kappa shape index (κ1) is 19.2. The molecular formula is C21H22N4O3. The fourth-order valence-corrected chi connectivity index (χ4v) is 2.69. The van der Waals surface area contributed by atoms with Gasteiger partial charge in [-0.1, -0.05) is 18.2 Å². The van der Waals surface area contributed by atoms with E-state index in [1.807, 2.05) is 44.2 Å². The average Bonchev–Trinajstić information content (AvgIpc) is 3.10. The number of ether oxygens (including phenoxy) is 1. The summed E-state index contributed by atoms with van der Waals surface area (Å²) in [6.07, 6.45) is 1.56. The summed E-state index contributed by atoms with van der Waals surface area (Å²) in [5.74, 6) is 0.138. The van der Waals surface area contributed by atoms with E-state index in [1.54, 1.807) is 35.1 Å². The molecule has 3 rings (SSSR count). The second-order valence-electron chi connectivity index (χ2n) is 6.11. The molecule has 0 saturated heterocycles. The third kappa shape index (κ3) is 4.56. The SMILES string of the molecule is CCNC(=O)COc1ccc(NC(=O)c2cnn(-c3ccccc3)c2C)cc1. The lowest BCUT2D eigenvalue weighted by atomic mass is 10.2. The van der Waals surface area contributed by atoms with Crippen molar-refractivity contribution in [3.63, 3.8) is 0 Å². The summed E-state index contributed by atoms with van der Waals surface area (Å²) in [5.41, 5.74) is 2.78. The molecule has 3 aromatic rings. The maximum atomic E-state index is 12.6. The van der Waals surface area contributed by atoms with Crippen molar-refractivity contribution in [2.75, 3.05) is 18.5 Å². The van der Waals surface area contributed by atoms with Crippen molar-refractivity contribution in [2.45, 2.75) is 13.8 Å². The molecular weight excluding hydrogens is 356 g/mol. The number of carbonyl (C=O) groups excluding carboxylic acids is 2. The Morgan fingerprint density at radius 3 is 2.46 bits per heavy atom. The van der Waals surface area contributed by atoms with Crippen LogP contribution in [0.25, 0.3) is 5.69 Å². The van der Waals surface area contributed by atoms with Crippen LogP contribution in [0.3, 0.4) is 0 Å². The first-order chi connectivity index (χ1) is 13.6. The highest BCUT2D eigenvalue weighted by atomic mass is 16.5. The molecule has 144 valence electrons. The topological polar surface area (TPSA) is 85.2 Å². The van der Waals surface area contributed by atoms with Gasteiger partial charge in [0.05, 0.1) is 23.1 Å². The van der Waals surface area contributed by atoms with E-state index in [1.165, 1.54) is 0 Å². The molecule has 7 nitrogen and oxygen atoms in total. The van der Waals surface area contributed by atoms with Crippen LogP contribution in [0.2, 0.25) is 0 Å². The van der Waals surface area contributed by atoms with Gasteiger partial charge in [0.25, 0.3) is 11.8 Å². The first-order valence-corrected chi connectivity index (χ1v) is 8.99. The van der Waals surface area contributed by atoms with Crippen LogP contribution in [-0.2, 0) is 4.79 Å². The maximum absolute atomic E-state index is 12.6. The van der Waals surface area contributed by atoms with E-state index < -0.39 is 0 Å². The molecule has 0 bridgehead atoms. The number of aromatic nitrogens is 2. The number of nitrogens with zero attached hydrogens (tertiary/aromatic N) is 2. The Kier molecular flexibility index (Phi) is 6.06. The lowest BCUT2D eigenvalue weighted by Gasteiger charge is -2.09. The number of carbonyl (C=O) groups is 2. The van der Waals surface area contributed by atoms with E-state index in [-0.39, 0.29) is 18.4 Å². The summed E-state index contributed by atoms with van der Waals surface area (Å²) in [7, 11) is 0. The summed E-state index contributed by atoms with van der Waals surface area (Å²) >= 11 is 0. The fraction of sp³-hybridized carbons (Fsp3) is 0.190. The highest BCUT2D eigenvalue weighted by Crippen LogP contribution is 2.18. The van der Waals surface area contributed by atoms with Crippen molar-refractivity contribution < 1.29 is 14.3 Å². The van der Waals surface area contributed by atoms with Gasteiger partial charge in [-0.25, -0.2) is 4.68 Å². The van der Waals surface area contributed by atoms with Crippen LogP contribution in [-0.4, -0.2) is 34.7 Å². The number of anilines is 1. The van der Waals surface area contributed by atoms with E-state index in [0.29, 0.717) is 23.5 Å². The Hall–Kier alpha value is -3.61. The quantitative estimate of drug-likeness (QED) is 0.662. The second-order valence-corrected chi connectivity index (χ2v) is 6.11. The molecule has 0 saturated carbocycles. The molecule has 0 fully saturated rings. The summed E-state index contributed by atoms with van der Waals surface area (Å²) in [4.78, 5) is 24.0. The predicted molar refractivity (Wildman–Crippen MR) is 107 cm³/mol. The minimum atomic E-state index is -0.240. The highest BCUT2D eigenvalue weighted by molar-refractivity contribution is 6.05. The standard InChI is InChI=1S/C21H22N4O3/c1-3-22-20(26)14-28-18-11-9-16(10-12-18)24-21(27)19-13-23-25(15(19)2)17-7-5-4-6-8-17/h4-13H,3,14H2,1-2H3,(H,22,26)(H,24,27). The molecule has 7 heteroatoms. The zero-order chi connectivity index (χ0) is 19.9. The maximum Gasteiger partial charge on any atom is 0.259 e. The fourth-order valence-electron chi connectivity index (χ4n) is 2.69. The zero-order valence-electron chi connectivity index (χ0n) is 15.8. The third-order valence-electron chi connectivity index (χ3n) is 4.11. The Labute approximate surface area is 163 Å². The van der Waals surface area contributed by atoms with Gasteiger partial charge in [-0.3, -0.25) is 9.59 Å². The van der Waals surface area contributed by atoms with Gasteiger partial charge < -0.3 is 15.4 Å². The van der Waals surface area contributed by atoms with Crippen molar-refractivity contribution >= 4 is 17.5 Å². The molecule has 1 heterocycles. The molecule has 0 radical (unpaired) electrons. The Morgan fingerprint density at radius 1 is 1.07 bits per heavy atom. The van der Waals surface area contributed by atoms with Crippen LogP contribution in [0.4, 0.5) is 5.69 Å². The summed E-state index contributed by atoms with van der Waals surface area (Å²) in [6, 6.07) is 16.5. The Balaban J connectivity index is 1.64. The van der Waals surface area contributed by atoms with E-state index >= 15 is 0 Å². The molecule has 2 N–H and O–H groups in total. The average molecular weight is 378 g/mol. The second kappa shape index (κ2) is 8.85. The van der Waals surface area contributed by atoms with Crippen LogP contribution in [0, 0.1) is 6.92 Å². The minimum Gasteiger partial charge on any atom is -0.484 e. The van der Waals surface area contributed by atoms with Crippen LogP contribution < -0.4 is 15.4 Å². The number of rotatable bonds is 7. The van der Waals surface area contributed by atoms with Gasteiger partial charge in [0, 0.05) is 12.2 Å². The summed E-state index contributed by atoms with van der Waals surface area (Å²) < 4.78 is 7.13. The van der Waals surface area contributed by atoms with E-state index in [2.05, 4.69) is 15.7 Å².